The van der Waals surface area contributed by atoms with E-state index >= 15 is 0 Å². The van der Waals surface area contributed by atoms with Crippen molar-refractivity contribution in [3.8, 4) is 5.75 Å². The highest BCUT2D eigenvalue weighted by Gasteiger charge is 2.48. The van der Waals surface area contributed by atoms with Gasteiger partial charge in [0.25, 0.3) is 0 Å². The van der Waals surface area contributed by atoms with Gasteiger partial charge in [-0.1, -0.05) is 12.1 Å². The fourth-order valence-corrected chi connectivity index (χ4v) is 5.51. The van der Waals surface area contributed by atoms with E-state index in [0.717, 1.165) is 32.4 Å². The van der Waals surface area contributed by atoms with E-state index in [0.29, 0.717) is 23.9 Å². The van der Waals surface area contributed by atoms with Crippen LogP contribution in [-0.2, 0) is 6.42 Å². The van der Waals surface area contributed by atoms with Crippen LogP contribution in [0, 0.1) is 17.7 Å². The van der Waals surface area contributed by atoms with Gasteiger partial charge in [0.1, 0.15) is 0 Å². The molecule has 3 atom stereocenters. The average molecular weight is 377 g/mol. The summed E-state index contributed by atoms with van der Waals surface area (Å²) in [5.74, 6) is -0.215. The molecular formula is C20H24FNO3S. The highest BCUT2D eigenvalue weighted by Crippen LogP contribution is 2.46. The lowest BCUT2D eigenvalue weighted by molar-refractivity contribution is 0.0335. The minimum absolute atomic E-state index is 0.401. The van der Waals surface area contributed by atoms with Crippen molar-refractivity contribution in [3.63, 3.8) is 0 Å². The summed E-state index contributed by atoms with van der Waals surface area (Å²) in [6, 6.07) is 8.12. The number of phenols is 1. The monoisotopic (exact) mass is 377 g/mol. The maximum atomic E-state index is 13.5. The zero-order valence-corrected chi connectivity index (χ0v) is 15.3. The smallest absolute Gasteiger partial charge is 0.165 e. The van der Waals surface area contributed by atoms with E-state index in [-0.39, 0.29) is 0 Å². The Bertz CT molecular complexity index is 752. The molecule has 26 heavy (non-hydrogen) atoms. The summed E-state index contributed by atoms with van der Waals surface area (Å²) in [5.41, 5.74) is -0.128. The van der Waals surface area contributed by atoms with Crippen LogP contribution in [0.25, 0.3) is 0 Å². The molecule has 3 unspecified atom stereocenters. The van der Waals surface area contributed by atoms with Crippen LogP contribution in [-0.4, -0.2) is 45.5 Å². The Hall–Kier alpha value is -1.47. The third-order valence-corrected chi connectivity index (χ3v) is 6.68. The van der Waals surface area contributed by atoms with Crippen molar-refractivity contribution in [1.82, 2.24) is 4.90 Å². The Morgan fingerprint density at radius 3 is 2.58 bits per heavy atom. The first-order chi connectivity index (χ1) is 12.4. The molecule has 2 fully saturated rings. The predicted molar refractivity (Wildman–Crippen MR) is 98.7 cm³/mol. The summed E-state index contributed by atoms with van der Waals surface area (Å²) >= 11 is 1.69. The molecule has 0 bridgehead atoms. The number of aromatic hydroxyl groups is 1. The molecule has 2 aromatic rings. The molecule has 0 spiro atoms. The van der Waals surface area contributed by atoms with Crippen molar-refractivity contribution in [2.45, 2.75) is 31.0 Å². The lowest BCUT2D eigenvalue weighted by Crippen LogP contribution is -2.33. The molecule has 0 amide bonds. The number of hydrogen-bond donors (Lipinski definition) is 3. The van der Waals surface area contributed by atoms with E-state index < -0.39 is 23.3 Å². The molecule has 2 aliphatic rings. The minimum atomic E-state index is -0.783. The number of aliphatic hydroxyl groups is 2. The number of halogens is 1. The minimum Gasteiger partial charge on any atom is -0.505 e. The fourth-order valence-electron chi connectivity index (χ4n) is 4.67. The molecule has 4 nitrogen and oxygen atoms in total. The number of fused-ring (bicyclic) bond motifs is 1. The largest absolute Gasteiger partial charge is 0.505 e. The molecule has 3 N–H and O–H groups in total. The van der Waals surface area contributed by atoms with Gasteiger partial charge in [0.15, 0.2) is 11.6 Å². The molecule has 2 heterocycles. The van der Waals surface area contributed by atoms with Crippen molar-refractivity contribution in [1.29, 1.82) is 0 Å². The van der Waals surface area contributed by atoms with Crippen molar-refractivity contribution in [2.24, 2.45) is 11.8 Å². The molecule has 6 heteroatoms. The summed E-state index contributed by atoms with van der Waals surface area (Å²) in [7, 11) is 0. The van der Waals surface area contributed by atoms with Crippen LogP contribution < -0.4 is 0 Å². The average Bonchev–Trinajstić information content (AvgIpc) is 3.26. The quantitative estimate of drug-likeness (QED) is 0.750. The molecular weight excluding hydrogens is 353 g/mol. The Labute approximate surface area is 156 Å². The van der Waals surface area contributed by atoms with Gasteiger partial charge in [0.05, 0.1) is 11.7 Å². The molecule has 1 aromatic carbocycles. The van der Waals surface area contributed by atoms with Gasteiger partial charge in [-0.2, -0.15) is 0 Å². The normalized spacial score (nSPS) is 29.8. The van der Waals surface area contributed by atoms with Gasteiger partial charge in [-0.3, -0.25) is 4.90 Å². The summed E-state index contributed by atoms with van der Waals surface area (Å²) in [6.07, 6.45) is 1.55. The Morgan fingerprint density at radius 2 is 1.96 bits per heavy atom. The van der Waals surface area contributed by atoms with Gasteiger partial charge in [-0.15, -0.1) is 11.3 Å². The number of likely N-dealkylation sites (tertiary alicyclic amines) is 1. The van der Waals surface area contributed by atoms with Gasteiger partial charge in [-0.05, 0) is 53.8 Å². The number of aliphatic hydroxyl groups excluding tert-OH is 1. The second-order valence-corrected chi connectivity index (χ2v) is 8.89. The molecule has 1 saturated carbocycles. The number of nitrogens with zero attached hydrogens (tertiary/aromatic N) is 1. The summed E-state index contributed by atoms with van der Waals surface area (Å²) in [5, 5.41) is 32.7. The Kier molecular flexibility index (Phi) is 4.77. The van der Waals surface area contributed by atoms with Gasteiger partial charge in [0, 0.05) is 30.9 Å². The van der Waals surface area contributed by atoms with E-state index in [9.17, 15) is 19.7 Å². The van der Waals surface area contributed by atoms with Crippen LogP contribution in [0.4, 0.5) is 4.39 Å². The van der Waals surface area contributed by atoms with Crippen LogP contribution in [0.3, 0.4) is 0 Å². The van der Waals surface area contributed by atoms with Gasteiger partial charge < -0.3 is 15.3 Å². The van der Waals surface area contributed by atoms with Gasteiger partial charge in [0.2, 0.25) is 0 Å². The number of thiophene rings is 1. The Balaban J connectivity index is 1.33. The topological polar surface area (TPSA) is 63.9 Å². The molecule has 4 rings (SSSR count). The standard InChI is InChI=1S/C20H24FNO3S/c21-17-6-13(3-4-18(17)23)19(24)12-22-10-14-7-20(25,8-15(14)11-22)9-16-2-1-5-26-16/h1-6,14-15,19,23-25H,7-12H2. The number of hydrogen-bond acceptors (Lipinski definition) is 5. The molecule has 1 aliphatic carbocycles. The van der Waals surface area contributed by atoms with Crippen molar-refractivity contribution < 1.29 is 19.7 Å². The van der Waals surface area contributed by atoms with Crippen LogP contribution >= 0.6 is 11.3 Å². The lowest BCUT2D eigenvalue weighted by atomic mass is 9.95. The predicted octanol–water partition coefficient (Wildman–Crippen LogP) is 2.94. The summed E-state index contributed by atoms with van der Waals surface area (Å²) < 4.78 is 13.5. The van der Waals surface area contributed by atoms with Crippen LogP contribution in [0.5, 0.6) is 5.75 Å². The first-order valence-corrected chi connectivity index (χ1v) is 9.93. The van der Waals surface area contributed by atoms with Gasteiger partial charge >= 0.3 is 0 Å². The zero-order valence-electron chi connectivity index (χ0n) is 14.5. The van der Waals surface area contributed by atoms with E-state index in [1.54, 1.807) is 17.4 Å². The van der Waals surface area contributed by atoms with Crippen LogP contribution in [0.1, 0.15) is 29.4 Å². The van der Waals surface area contributed by atoms with Crippen molar-refractivity contribution in [2.75, 3.05) is 19.6 Å². The number of phenolic OH excluding ortho intramolecular Hbond substituents is 1. The van der Waals surface area contributed by atoms with Gasteiger partial charge in [-0.25, -0.2) is 4.39 Å². The van der Waals surface area contributed by atoms with Crippen LogP contribution in [0.15, 0.2) is 35.7 Å². The number of benzene rings is 1. The fraction of sp³-hybridized carbons (Fsp3) is 0.500. The van der Waals surface area contributed by atoms with Crippen molar-refractivity contribution >= 4 is 11.3 Å². The highest BCUT2D eigenvalue weighted by molar-refractivity contribution is 7.09. The summed E-state index contributed by atoms with van der Waals surface area (Å²) in [6.45, 7) is 2.16. The third kappa shape index (κ3) is 3.64. The van der Waals surface area contributed by atoms with Crippen molar-refractivity contribution in [3.05, 3.63) is 52.0 Å². The maximum absolute atomic E-state index is 13.5. The highest BCUT2D eigenvalue weighted by atomic mass is 32.1. The van der Waals surface area contributed by atoms with E-state index in [1.807, 2.05) is 11.4 Å². The third-order valence-electron chi connectivity index (χ3n) is 5.81. The SMILES string of the molecule is Oc1ccc(C(O)CN2CC3CC(O)(Cc4cccs4)CC3C2)cc1F. The molecule has 1 saturated heterocycles. The second-order valence-electron chi connectivity index (χ2n) is 7.85. The number of rotatable bonds is 5. The van der Waals surface area contributed by atoms with E-state index in [1.165, 1.54) is 17.0 Å². The van der Waals surface area contributed by atoms with Crippen LogP contribution in [0.2, 0.25) is 0 Å². The first-order valence-electron chi connectivity index (χ1n) is 9.05. The summed E-state index contributed by atoms with van der Waals surface area (Å²) in [4.78, 5) is 3.43. The lowest BCUT2D eigenvalue weighted by Gasteiger charge is -2.26. The Morgan fingerprint density at radius 1 is 1.23 bits per heavy atom. The molecule has 1 aromatic heterocycles. The number of β-amino-alcohol motifs (C(OH)–C–C–N with tert-alkyl or cyclic N) is 1. The van der Waals surface area contributed by atoms with E-state index in [4.69, 9.17) is 0 Å². The molecule has 1 aliphatic heterocycles. The van der Waals surface area contributed by atoms with E-state index in [2.05, 4.69) is 11.0 Å². The molecule has 0 radical (unpaired) electrons. The maximum Gasteiger partial charge on any atom is 0.165 e. The first kappa shape index (κ1) is 17.9. The molecule has 140 valence electrons. The zero-order chi connectivity index (χ0) is 18.3. The second kappa shape index (κ2) is 6.93.